The average molecular weight is 622 g/mol. The summed E-state index contributed by atoms with van der Waals surface area (Å²) in [5.74, 6) is 0.486. The molecule has 0 aliphatic carbocycles. The van der Waals surface area contributed by atoms with Crippen LogP contribution in [0.25, 0.3) is 39.3 Å². The first kappa shape index (κ1) is 30.9. The molecule has 0 aliphatic rings. The second-order valence-electron chi connectivity index (χ2n) is 10.4. The SMILES string of the molecule is COc1nc(-c2cccc(-c3cccc(-c4ccc5nc(CNCC(C)O)cn5n4)c3Cl)c2Cl)ccc1CNCC(C)O. The number of methoxy groups -OCH3 is 1. The molecule has 0 saturated carbocycles. The number of nitrogens with zero attached hydrogens (tertiary/aromatic N) is 4. The summed E-state index contributed by atoms with van der Waals surface area (Å²) in [7, 11) is 1.58. The highest BCUT2D eigenvalue weighted by Crippen LogP contribution is 2.42. The van der Waals surface area contributed by atoms with Crippen LogP contribution in [-0.2, 0) is 13.1 Å². The Balaban J connectivity index is 1.44. The number of imidazole rings is 1. The second-order valence-corrected chi connectivity index (χ2v) is 11.2. The Kier molecular flexibility index (Phi) is 9.92. The zero-order chi connectivity index (χ0) is 30.5. The highest BCUT2D eigenvalue weighted by Gasteiger charge is 2.18. The number of halogens is 2. The number of aliphatic hydroxyl groups is 2. The molecule has 224 valence electrons. The van der Waals surface area contributed by atoms with Gasteiger partial charge in [-0.05, 0) is 32.0 Å². The minimum Gasteiger partial charge on any atom is -0.481 e. The molecular weight excluding hydrogens is 587 g/mol. The van der Waals surface area contributed by atoms with Gasteiger partial charge >= 0.3 is 0 Å². The molecule has 3 heterocycles. The zero-order valence-corrected chi connectivity index (χ0v) is 25.7. The smallest absolute Gasteiger partial charge is 0.218 e. The predicted molar refractivity (Wildman–Crippen MR) is 170 cm³/mol. The van der Waals surface area contributed by atoms with E-state index in [4.69, 9.17) is 38.0 Å². The molecule has 0 spiro atoms. The minimum atomic E-state index is -0.447. The van der Waals surface area contributed by atoms with Gasteiger partial charge in [-0.25, -0.2) is 14.5 Å². The summed E-state index contributed by atoms with van der Waals surface area (Å²) in [6.45, 7) is 5.45. The minimum absolute atomic E-state index is 0.431. The van der Waals surface area contributed by atoms with Crippen LogP contribution >= 0.6 is 23.2 Å². The van der Waals surface area contributed by atoms with Crippen molar-refractivity contribution in [1.29, 1.82) is 0 Å². The van der Waals surface area contributed by atoms with Crippen LogP contribution in [0.1, 0.15) is 25.1 Å². The van der Waals surface area contributed by atoms with Crippen molar-refractivity contribution in [2.75, 3.05) is 20.2 Å². The Labute approximate surface area is 260 Å². The largest absolute Gasteiger partial charge is 0.481 e. The lowest BCUT2D eigenvalue weighted by atomic mass is 9.98. The van der Waals surface area contributed by atoms with E-state index in [0.717, 1.165) is 33.5 Å². The summed E-state index contributed by atoms with van der Waals surface area (Å²) in [4.78, 5) is 9.32. The van der Waals surface area contributed by atoms with Crippen LogP contribution in [0.4, 0.5) is 0 Å². The number of rotatable bonds is 12. The molecular formula is C32H34Cl2N6O3. The third-order valence-corrected chi connectivity index (χ3v) is 7.66. The van der Waals surface area contributed by atoms with E-state index in [2.05, 4.69) is 15.6 Å². The summed E-state index contributed by atoms with van der Waals surface area (Å²) in [6, 6.07) is 19.2. The van der Waals surface area contributed by atoms with Gasteiger partial charge < -0.3 is 25.6 Å². The molecule has 11 heteroatoms. The van der Waals surface area contributed by atoms with Crippen LogP contribution in [0, 0.1) is 0 Å². The van der Waals surface area contributed by atoms with E-state index in [-0.39, 0.29) is 0 Å². The molecule has 4 N–H and O–H groups in total. The molecule has 5 rings (SSSR count). The van der Waals surface area contributed by atoms with E-state index in [0.29, 0.717) is 59.1 Å². The van der Waals surface area contributed by atoms with E-state index >= 15 is 0 Å². The Hall–Kier alpha value is -3.57. The molecule has 3 aromatic heterocycles. The van der Waals surface area contributed by atoms with Gasteiger partial charge in [0.1, 0.15) is 0 Å². The number of benzene rings is 2. The number of hydrogen-bond acceptors (Lipinski definition) is 8. The van der Waals surface area contributed by atoms with Crippen molar-refractivity contribution in [3.63, 3.8) is 0 Å². The number of hydrogen-bond donors (Lipinski definition) is 4. The number of aliphatic hydroxyl groups excluding tert-OH is 2. The quantitative estimate of drug-likeness (QED) is 0.147. The summed E-state index contributed by atoms with van der Waals surface area (Å²) >= 11 is 14.0. The lowest BCUT2D eigenvalue weighted by Crippen LogP contribution is -2.24. The number of fused-ring (bicyclic) bond motifs is 1. The highest BCUT2D eigenvalue weighted by molar-refractivity contribution is 6.39. The van der Waals surface area contributed by atoms with E-state index in [1.807, 2.05) is 66.9 Å². The van der Waals surface area contributed by atoms with Crippen LogP contribution in [0.15, 0.2) is 66.9 Å². The van der Waals surface area contributed by atoms with Gasteiger partial charge in [-0.15, -0.1) is 0 Å². The first-order valence-corrected chi connectivity index (χ1v) is 14.8. The zero-order valence-electron chi connectivity index (χ0n) is 24.2. The summed E-state index contributed by atoms with van der Waals surface area (Å²) in [5, 5.41) is 31.2. The molecule has 9 nitrogen and oxygen atoms in total. The van der Waals surface area contributed by atoms with Crippen LogP contribution in [0.2, 0.25) is 10.0 Å². The van der Waals surface area contributed by atoms with Gasteiger partial charge in [0, 0.05) is 54.0 Å². The Morgan fingerprint density at radius 1 is 0.767 bits per heavy atom. The van der Waals surface area contributed by atoms with E-state index in [1.165, 1.54) is 0 Å². The fourth-order valence-electron chi connectivity index (χ4n) is 4.79. The van der Waals surface area contributed by atoms with Gasteiger partial charge in [0.2, 0.25) is 5.88 Å². The first-order chi connectivity index (χ1) is 20.7. The Morgan fingerprint density at radius 2 is 1.35 bits per heavy atom. The van der Waals surface area contributed by atoms with Crippen molar-refractivity contribution in [2.45, 2.75) is 39.1 Å². The molecule has 43 heavy (non-hydrogen) atoms. The average Bonchev–Trinajstić information content (AvgIpc) is 3.39. The highest BCUT2D eigenvalue weighted by atomic mass is 35.5. The molecule has 0 saturated heterocycles. The number of ether oxygens (including phenoxy) is 1. The summed E-state index contributed by atoms with van der Waals surface area (Å²) in [6.07, 6.45) is 0.985. The van der Waals surface area contributed by atoms with E-state index < -0.39 is 12.2 Å². The maximum atomic E-state index is 9.54. The normalized spacial score (nSPS) is 12.9. The number of nitrogens with one attached hydrogen (secondary N) is 2. The van der Waals surface area contributed by atoms with Crippen LogP contribution in [0.5, 0.6) is 5.88 Å². The standard InChI is InChI=1S/C32H34Cl2N6O3/c1-19(41)14-35-16-21-10-11-27(38-32(21)43-3)25-8-4-6-23(30(25)33)24-7-5-9-26(31(24)34)28-12-13-29-37-22(18-40(29)39-28)17-36-15-20(2)42/h4-13,18-20,35-36,41-42H,14-17H2,1-3H3. The summed E-state index contributed by atoms with van der Waals surface area (Å²) in [5.41, 5.74) is 6.82. The van der Waals surface area contributed by atoms with Crippen molar-refractivity contribution >= 4 is 28.8 Å². The lowest BCUT2D eigenvalue weighted by molar-refractivity contribution is 0.190. The van der Waals surface area contributed by atoms with Crippen molar-refractivity contribution in [3.05, 3.63) is 88.2 Å². The van der Waals surface area contributed by atoms with Gasteiger partial charge in [0.05, 0.1) is 52.6 Å². The molecule has 5 aromatic rings. The fraction of sp³-hybridized carbons (Fsp3) is 0.281. The van der Waals surface area contributed by atoms with Crippen LogP contribution < -0.4 is 15.4 Å². The van der Waals surface area contributed by atoms with Gasteiger partial charge in [0.25, 0.3) is 0 Å². The molecule has 0 amide bonds. The lowest BCUT2D eigenvalue weighted by Gasteiger charge is -2.15. The van der Waals surface area contributed by atoms with Gasteiger partial charge in [0.15, 0.2) is 5.65 Å². The molecule has 2 aromatic carbocycles. The second kappa shape index (κ2) is 13.8. The van der Waals surface area contributed by atoms with Crippen LogP contribution in [0.3, 0.4) is 0 Å². The van der Waals surface area contributed by atoms with Gasteiger partial charge in [-0.2, -0.15) is 5.10 Å². The molecule has 0 fully saturated rings. The first-order valence-electron chi connectivity index (χ1n) is 14.0. The maximum absolute atomic E-state index is 9.54. The molecule has 0 radical (unpaired) electrons. The van der Waals surface area contributed by atoms with Crippen molar-refractivity contribution in [2.24, 2.45) is 0 Å². The van der Waals surface area contributed by atoms with Crippen LogP contribution in [-0.4, -0.2) is 62.2 Å². The number of aromatic nitrogens is 4. The molecule has 2 unspecified atom stereocenters. The van der Waals surface area contributed by atoms with Gasteiger partial charge in [-0.1, -0.05) is 65.7 Å². The molecule has 0 bridgehead atoms. The topological polar surface area (TPSA) is 117 Å². The molecule has 2 atom stereocenters. The van der Waals surface area contributed by atoms with E-state index in [9.17, 15) is 10.2 Å². The van der Waals surface area contributed by atoms with Crippen molar-refractivity contribution < 1.29 is 14.9 Å². The Morgan fingerprint density at radius 3 is 1.98 bits per heavy atom. The van der Waals surface area contributed by atoms with Crippen molar-refractivity contribution in [3.8, 4) is 39.5 Å². The summed E-state index contributed by atoms with van der Waals surface area (Å²) < 4.78 is 7.29. The Bertz CT molecular complexity index is 1720. The van der Waals surface area contributed by atoms with Crippen molar-refractivity contribution in [1.82, 2.24) is 30.2 Å². The third kappa shape index (κ3) is 7.15. The van der Waals surface area contributed by atoms with E-state index in [1.54, 1.807) is 25.5 Å². The fourth-order valence-corrected chi connectivity index (χ4v) is 5.44. The monoisotopic (exact) mass is 620 g/mol. The third-order valence-electron chi connectivity index (χ3n) is 6.84. The number of pyridine rings is 1. The van der Waals surface area contributed by atoms with Gasteiger partial charge in [-0.3, -0.25) is 0 Å². The predicted octanol–water partition coefficient (Wildman–Crippen LogP) is 5.38. The molecule has 0 aliphatic heterocycles. The maximum Gasteiger partial charge on any atom is 0.218 e.